The number of amides is 3. The Morgan fingerprint density at radius 2 is 1.86 bits per heavy atom. The summed E-state index contributed by atoms with van der Waals surface area (Å²) in [6.07, 6.45) is 1.26. The van der Waals surface area contributed by atoms with Crippen LogP contribution in [0.25, 0.3) is 0 Å². The van der Waals surface area contributed by atoms with Gasteiger partial charge in [0.15, 0.2) is 11.5 Å². The molecule has 12 heteroatoms. The van der Waals surface area contributed by atoms with Crippen LogP contribution in [0.15, 0.2) is 36.4 Å². The van der Waals surface area contributed by atoms with E-state index in [1.54, 1.807) is 30.0 Å². The molecular weight excluding hydrogens is 489 g/mol. The number of ether oxygens (including phenoxy) is 2. The fourth-order valence-corrected chi connectivity index (χ4v) is 4.78. The topological polar surface area (TPSA) is 123 Å². The van der Waals surface area contributed by atoms with Crippen molar-refractivity contribution in [2.45, 2.75) is 19.8 Å². The molecule has 2 aliphatic heterocycles. The number of rotatable bonds is 5. The Balaban J connectivity index is 1.21. The van der Waals surface area contributed by atoms with Gasteiger partial charge in [0.1, 0.15) is 5.82 Å². The Kier molecular flexibility index (Phi) is 6.51. The number of aromatic nitrogens is 2. The van der Waals surface area contributed by atoms with Gasteiger partial charge in [0.05, 0.1) is 5.92 Å². The van der Waals surface area contributed by atoms with Crippen LogP contribution >= 0.6 is 11.3 Å². The quantitative estimate of drug-likeness (QED) is 0.538. The maximum atomic E-state index is 13.3. The van der Waals surface area contributed by atoms with Crippen molar-refractivity contribution in [3.05, 3.63) is 57.8 Å². The summed E-state index contributed by atoms with van der Waals surface area (Å²) >= 11 is 0.886. The maximum absolute atomic E-state index is 13.3. The first-order valence-corrected chi connectivity index (χ1v) is 12.1. The number of anilines is 2. The second kappa shape index (κ2) is 9.90. The number of nitrogens with zero attached hydrogens (tertiary/aromatic N) is 3. The van der Waals surface area contributed by atoms with Gasteiger partial charge in [-0.1, -0.05) is 11.3 Å². The van der Waals surface area contributed by atoms with Crippen molar-refractivity contribution in [3.8, 4) is 11.5 Å². The second-order valence-corrected chi connectivity index (χ2v) is 9.45. The van der Waals surface area contributed by atoms with Crippen LogP contribution in [0.2, 0.25) is 0 Å². The lowest BCUT2D eigenvalue weighted by Crippen LogP contribution is -2.43. The Bertz CT molecular complexity index is 1350. The zero-order valence-electron chi connectivity index (χ0n) is 19.2. The molecule has 186 valence electrons. The maximum Gasteiger partial charge on any atom is 0.286 e. The third kappa shape index (κ3) is 4.98. The molecule has 1 fully saturated rings. The third-order valence-corrected chi connectivity index (χ3v) is 6.87. The third-order valence-electron chi connectivity index (χ3n) is 5.96. The van der Waals surface area contributed by atoms with Gasteiger partial charge in [-0.15, -0.1) is 10.2 Å². The molecule has 0 saturated carbocycles. The number of halogens is 1. The van der Waals surface area contributed by atoms with Crippen LogP contribution in [-0.2, 0) is 4.79 Å². The molecule has 3 aromatic rings. The van der Waals surface area contributed by atoms with Gasteiger partial charge in [-0.3, -0.25) is 14.4 Å². The minimum absolute atomic E-state index is 0.0362. The molecule has 1 saturated heterocycles. The van der Waals surface area contributed by atoms with Crippen LogP contribution < -0.4 is 20.1 Å². The number of hydrogen-bond acceptors (Lipinski definition) is 8. The Morgan fingerprint density at radius 1 is 1.06 bits per heavy atom. The van der Waals surface area contributed by atoms with E-state index in [-0.39, 0.29) is 41.0 Å². The summed E-state index contributed by atoms with van der Waals surface area (Å²) in [5.41, 5.74) is 1.65. The molecule has 3 heterocycles. The Morgan fingerprint density at radius 3 is 2.69 bits per heavy atom. The lowest BCUT2D eigenvalue weighted by Gasteiger charge is -2.31. The zero-order chi connectivity index (χ0) is 25.2. The van der Waals surface area contributed by atoms with Crippen LogP contribution in [-0.4, -0.2) is 52.7 Å². The number of likely N-dealkylation sites (tertiary alicyclic amines) is 1. The van der Waals surface area contributed by atoms with Gasteiger partial charge in [0.2, 0.25) is 22.7 Å². The smallest absolute Gasteiger partial charge is 0.286 e. The first-order chi connectivity index (χ1) is 17.4. The van der Waals surface area contributed by atoms with Crippen molar-refractivity contribution in [2.75, 3.05) is 30.5 Å². The number of carbonyl (C=O) groups is 3. The van der Waals surface area contributed by atoms with Gasteiger partial charge < -0.3 is 25.0 Å². The highest BCUT2D eigenvalue weighted by molar-refractivity contribution is 7.15. The fourth-order valence-electron chi connectivity index (χ4n) is 4.07. The first-order valence-electron chi connectivity index (χ1n) is 11.3. The van der Waals surface area contributed by atoms with Gasteiger partial charge in [0, 0.05) is 30.5 Å². The SMILES string of the molecule is Cc1cc(F)ccc1NC(=O)C1CCCN(C(=O)c2nnc(C(=O)Nc3ccc4c(c3)OCO4)s2)C1. The van der Waals surface area contributed by atoms with Crippen LogP contribution in [0.4, 0.5) is 15.8 Å². The Labute approximate surface area is 209 Å². The molecule has 36 heavy (non-hydrogen) atoms. The standard InChI is InChI=1S/C24H22FN5O5S/c1-13-9-15(25)4-6-17(13)27-20(31)14-3-2-8-30(11-14)24(33)23-29-28-22(36-23)21(32)26-16-5-7-18-19(10-16)35-12-34-18/h4-7,9-10,14H,2-3,8,11-12H2,1H3,(H,26,32)(H,27,31). The average Bonchev–Trinajstić information content (AvgIpc) is 3.55. The molecule has 2 aliphatic rings. The summed E-state index contributed by atoms with van der Waals surface area (Å²) in [5.74, 6) is -0.795. The minimum atomic E-state index is -0.504. The van der Waals surface area contributed by atoms with Crippen LogP contribution in [0.3, 0.4) is 0 Å². The summed E-state index contributed by atoms with van der Waals surface area (Å²) in [7, 11) is 0. The van der Waals surface area contributed by atoms with Crippen molar-refractivity contribution in [1.29, 1.82) is 0 Å². The molecule has 0 spiro atoms. The molecule has 2 aromatic carbocycles. The number of benzene rings is 2. The molecule has 1 aromatic heterocycles. The van der Waals surface area contributed by atoms with E-state index in [1.807, 2.05) is 0 Å². The van der Waals surface area contributed by atoms with Crippen LogP contribution in [0.5, 0.6) is 11.5 Å². The van der Waals surface area contributed by atoms with E-state index in [0.29, 0.717) is 47.8 Å². The van der Waals surface area contributed by atoms with E-state index in [0.717, 1.165) is 11.3 Å². The summed E-state index contributed by atoms with van der Waals surface area (Å²) in [6.45, 7) is 2.52. The molecule has 2 N–H and O–H groups in total. The second-order valence-electron chi connectivity index (χ2n) is 8.47. The van der Waals surface area contributed by atoms with Gasteiger partial charge in [-0.05, 0) is 55.7 Å². The molecule has 1 unspecified atom stereocenters. The molecule has 0 bridgehead atoms. The molecule has 0 aliphatic carbocycles. The zero-order valence-corrected chi connectivity index (χ0v) is 20.1. The van der Waals surface area contributed by atoms with Gasteiger partial charge in [-0.25, -0.2) is 4.39 Å². The number of fused-ring (bicyclic) bond motifs is 1. The Hall–Kier alpha value is -4.06. The van der Waals surface area contributed by atoms with Gasteiger partial charge >= 0.3 is 0 Å². The molecule has 10 nitrogen and oxygen atoms in total. The highest BCUT2D eigenvalue weighted by Gasteiger charge is 2.31. The van der Waals surface area contributed by atoms with Crippen LogP contribution in [0, 0.1) is 18.7 Å². The highest BCUT2D eigenvalue weighted by atomic mass is 32.1. The van der Waals surface area contributed by atoms with E-state index in [2.05, 4.69) is 20.8 Å². The number of hydrogen-bond donors (Lipinski definition) is 2. The number of nitrogens with one attached hydrogen (secondary N) is 2. The van der Waals surface area contributed by atoms with Crippen molar-refractivity contribution in [3.63, 3.8) is 0 Å². The minimum Gasteiger partial charge on any atom is -0.454 e. The van der Waals surface area contributed by atoms with E-state index < -0.39 is 11.8 Å². The average molecular weight is 512 g/mol. The highest BCUT2D eigenvalue weighted by Crippen LogP contribution is 2.34. The lowest BCUT2D eigenvalue weighted by molar-refractivity contribution is -0.121. The molecule has 5 rings (SSSR count). The van der Waals surface area contributed by atoms with Crippen molar-refractivity contribution >= 4 is 40.4 Å². The molecule has 3 amide bonds. The van der Waals surface area contributed by atoms with E-state index in [4.69, 9.17) is 9.47 Å². The predicted octanol–water partition coefficient (Wildman–Crippen LogP) is 3.46. The number of carbonyl (C=O) groups excluding carboxylic acids is 3. The van der Waals surface area contributed by atoms with E-state index in [9.17, 15) is 18.8 Å². The summed E-state index contributed by atoms with van der Waals surface area (Å²) in [6, 6.07) is 9.15. The predicted molar refractivity (Wildman–Crippen MR) is 129 cm³/mol. The largest absolute Gasteiger partial charge is 0.454 e. The summed E-state index contributed by atoms with van der Waals surface area (Å²) in [5, 5.41) is 13.4. The molecular formula is C24H22FN5O5S. The van der Waals surface area contributed by atoms with Gasteiger partial charge in [-0.2, -0.15) is 0 Å². The lowest BCUT2D eigenvalue weighted by atomic mass is 9.96. The van der Waals surface area contributed by atoms with Crippen LogP contribution in [0.1, 0.15) is 38.0 Å². The molecule has 0 radical (unpaired) electrons. The van der Waals surface area contributed by atoms with Crippen molar-refractivity contribution in [2.24, 2.45) is 5.92 Å². The molecule has 1 atom stereocenters. The fraction of sp³-hybridized carbons (Fsp3) is 0.292. The summed E-state index contributed by atoms with van der Waals surface area (Å²) < 4.78 is 23.9. The number of piperidine rings is 1. The number of aryl methyl sites for hydroxylation is 1. The van der Waals surface area contributed by atoms with E-state index in [1.165, 1.54) is 18.2 Å². The van der Waals surface area contributed by atoms with E-state index >= 15 is 0 Å². The summed E-state index contributed by atoms with van der Waals surface area (Å²) in [4.78, 5) is 40.0. The van der Waals surface area contributed by atoms with Gasteiger partial charge in [0.25, 0.3) is 11.8 Å². The first kappa shape index (κ1) is 23.7. The normalized spacial score (nSPS) is 16.5. The monoisotopic (exact) mass is 511 g/mol. The van der Waals surface area contributed by atoms with Crippen molar-refractivity contribution < 1.29 is 28.2 Å². The van der Waals surface area contributed by atoms with Crippen molar-refractivity contribution in [1.82, 2.24) is 15.1 Å².